The molecule has 0 bridgehead atoms. The Bertz CT molecular complexity index is 624. The first-order valence-corrected chi connectivity index (χ1v) is 7.32. The number of rotatable bonds is 5. The largest absolute Gasteiger partial charge is 0.508 e. The molecule has 0 radical (unpaired) electrons. The van der Waals surface area contributed by atoms with Gasteiger partial charge in [-0.15, -0.1) is 0 Å². The van der Waals surface area contributed by atoms with Crippen molar-refractivity contribution < 1.29 is 9.90 Å². The van der Waals surface area contributed by atoms with E-state index in [4.69, 9.17) is 5.11 Å². The minimum absolute atomic E-state index is 0.146. The number of carbonyl (C=O) groups excluding carboxylic acids is 1. The lowest BCUT2D eigenvalue weighted by Crippen LogP contribution is -2.25. The Morgan fingerprint density at radius 1 is 1.14 bits per heavy atom. The van der Waals surface area contributed by atoms with E-state index < -0.39 is 0 Å². The van der Waals surface area contributed by atoms with Crippen LogP contribution in [0.25, 0.3) is 0 Å². The van der Waals surface area contributed by atoms with Crippen molar-refractivity contribution in [1.29, 1.82) is 0 Å². The Kier molecular flexibility index (Phi) is 5.56. The summed E-state index contributed by atoms with van der Waals surface area (Å²) in [5.74, 6) is -0.0403. The zero-order chi connectivity index (χ0) is 15.1. The van der Waals surface area contributed by atoms with Gasteiger partial charge in [0.15, 0.2) is 0 Å². The average Bonchev–Trinajstić information content (AvgIpc) is 2.49. The fourth-order valence-corrected chi connectivity index (χ4v) is 1.89. The fourth-order valence-electron chi connectivity index (χ4n) is 1.53. The SMILES string of the molecule is O=C(CNc1ccc(I)cc1)N/N=C/c1ccc(O)cc1. The molecule has 2 aromatic carbocycles. The van der Waals surface area contributed by atoms with E-state index in [1.165, 1.54) is 6.21 Å². The molecule has 0 atom stereocenters. The van der Waals surface area contributed by atoms with E-state index in [2.05, 4.69) is 38.4 Å². The molecule has 0 aliphatic carbocycles. The van der Waals surface area contributed by atoms with Crippen LogP contribution in [-0.4, -0.2) is 23.8 Å². The van der Waals surface area contributed by atoms with Crippen molar-refractivity contribution in [2.75, 3.05) is 11.9 Å². The fraction of sp³-hybridized carbons (Fsp3) is 0.0667. The molecule has 0 aliphatic rings. The number of nitrogens with one attached hydrogen (secondary N) is 2. The molecule has 0 heterocycles. The van der Waals surface area contributed by atoms with Crippen LogP contribution in [0.5, 0.6) is 5.75 Å². The Balaban J connectivity index is 1.77. The summed E-state index contributed by atoms with van der Waals surface area (Å²) in [7, 11) is 0. The molecule has 2 aromatic rings. The summed E-state index contributed by atoms with van der Waals surface area (Å²) in [5, 5.41) is 16.0. The van der Waals surface area contributed by atoms with Crippen molar-refractivity contribution >= 4 is 40.4 Å². The molecule has 0 aromatic heterocycles. The second-order valence-electron chi connectivity index (χ2n) is 4.25. The Hall–Kier alpha value is -2.09. The van der Waals surface area contributed by atoms with E-state index in [1.54, 1.807) is 24.3 Å². The van der Waals surface area contributed by atoms with Crippen molar-refractivity contribution in [2.24, 2.45) is 5.10 Å². The van der Waals surface area contributed by atoms with Gasteiger partial charge in [0.1, 0.15) is 5.75 Å². The molecule has 5 nitrogen and oxygen atoms in total. The molecule has 0 aliphatic heterocycles. The molecule has 0 fully saturated rings. The number of benzene rings is 2. The highest BCUT2D eigenvalue weighted by molar-refractivity contribution is 14.1. The lowest BCUT2D eigenvalue weighted by Gasteiger charge is -2.05. The number of aromatic hydroxyl groups is 1. The number of halogens is 1. The van der Waals surface area contributed by atoms with Crippen LogP contribution >= 0.6 is 22.6 Å². The summed E-state index contributed by atoms with van der Waals surface area (Å²) in [5.41, 5.74) is 4.10. The van der Waals surface area contributed by atoms with E-state index in [0.29, 0.717) is 0 Å². The molecule has 0 spiro atoms. The highest BCUT2D eigenvalue weighted by atomic mass is 127. The zero-order valence-corrected chi connectivity index (χ0v) is 13.2. The highest BCUT2D eigenvalue weighted by Gasteiger charge is 1.99. The van der Waals surface area contributed by atoms with E-state index in [9.17, 15) is 4.79 Å². The topological polar surface area (TPSA) is 73.7 Å². The number of amides is 1. The van der Waals surface area contributed by atoms with E-state index >= 15 is 0 Å². The van der Waals surface area contributed by atoms with E-state index in [1.807, 2.05) is 24.3 Å². The summed E-state index contributed by atoms with van der Waals surface area (Å²) < 4.78 is 1.14. The third-order valence-corrected chi connectivity index (χ3v) is 3.31. The maximum absolute atomic E-state index is 11.6. The molecule has 21 heavy (non-hydrogen) atoms. The van der Waals surface area contributed by atoms with Gasteiger partial charge in [0.2, 0.25) is 0 Å². The molecular weight excluding hydrogens is 381 g/mol. The lowest BCUT2D eigenvalue weighted by molar-refractivity contribution is -0.119. The summed E-state index contributed by atoms with van der Waals surface area (Å²) in [6.45, 7) is 0.146. The van der Waals surface area contributed by atoms with Crippen molar-refractivity contribution in [3.63, 3.8) is 0 Å². The predicted molar refractivity (Wildman–Crippen MR) is 91.5 cm³/mol. The van der Waals surface area contributed by atoms with Gasteiger partial charge in [0.05, 0.1) is 12.8 Å². The molecular formula is C15H14IN3O2. The van der Waals surface area contributed by atoms with Gasteiger partial charge in [-0.25, -0.2) is 5.43 Å². The van der Waals surface area contributed by atoms with E-state index in [0.717, 1.165) is 14.8 Å². The quantitative estimate of drug-likeness (QED) is 0.414. The Morgan fingerprint density at radius 2 is 1.81 bits per heavy atom. The number of hydrazone groups is 1. The molecule has 3 N–H and O–H groups in total. The van der Waals surface area contributed by atoms with Crippen LogP contribution in [0.15, 0.2) is 53.6 Å². The van der Waals surface area contributed by atoms with Crippen LogP contribution in [0.4, 0.5) is 5.69 Å². The van der Waals surface area contributed by atoms with Crippen LogP contribution in [-0.2, 0) is 4.79 Å². The third-order valence-electron chi connectivity index (χ3n) is 2.59. The lowest BCUT2D eigenvalue weighted by atomic mass is 10.2. The van der Waals surface area contributed by atoms with Gasteiger partial charge in [-0.05, 0) is 76.7 Å². The highest BCUT2D eigenvalue weighted by Crippen LogP contribution is 2.10. The molecule has 0 saturated carbocycles. The maximum Gasteiger partial charge on any atom is 0.259 e. The van der Waals surface area contributed by atoms with Gasteiger partial charge < -0.3 is 10.4 Å². The van der Waals surface area contributed by atoms with Crippen molar-refractivity contribution in [2.45, 2.75) is 0 Å². The number of anilines is 1. The van der Waals surface area contributed by atoms with Gasteiger partial charge in [-0.2, -0.15) is 5.10 Å². The minimum atomic E-state index is -0.233. The first-order chi connectivity index (χ1) is 10.1. The number of hydrogen-bond acceptors (Lipinski definition) is 4. The normalized spacial score (nSPS) is 10.5. The van der Waals surface area contributed by atoms with Crippen LogP contribution in [0, 0.1) is 3.57 Å². The van der Waals surface area contributed by atoms with Crippen molar-refractivity contribution in [3.05, 3.63) is 57.7 Å². The van der Waals surface area contributed by atoms with Crippen molar-refractivity contribution in [1.82, 2.24) is 5.43 Å². The standard InChI is InChI=1S/C15H14IN3O2/c16-12-3-5-13(6-4-12)17-10-15(21)19-18-9-11-1-7-14(20)8-2-11/h1-9,17,20H,10H2,(H,19,21)/b18-9+. The average molecular weight is 395 g/mol. The molecule has 0 saturated heterocycles. The van der Waals surface area contributed by atoms with Gasteiger partial charge >= 0.3 is 0 Å². The zero-order valence-electron chi connectivity index (χ0n) is 11.1. The van der Waals surface area contributed by atoms with Gasteiger partial charge in [0.25, 0.3) is 5.91 Å². The predicted octanol–water partition coefficient (Wildman–Crippen LogP) is 2.56. The first kappa shape index (κ1) is 15.3. The minimum Gasteiger partial charge on any atom is -0.508 e. The monoisotopic (exact) mass is 395 g/mol. The second kappa shape index (κ2) is 7.63. The maximum atomic E-state index is 11.6. The summed E-state index contributed by atoms with van der Waals surface area (Å²) in [4.78, 5) is 11.6. The third kappa shape index (κ3) is 5.42. The first-order valence-electron chi connectivity index (χ1n) is 6.24. The van der Waals surface area contributed by atoms with Gasteiger partial charge in [-0.1, -0.05) is 0 Å². The number of hydrogen-bond donors (Lipinski definition) is 3. The Labute approximate surface area is 136 Å². The molecule has 0 unspecified atom stereocenters. The smallest absolute Gasteiger partial charge is 0.259 e. The number of carbonyl (C=O) groups is 1. The summed E-state index contributed by atoms with van der Waals surface area (Å²) >= 11 is 2.22. The molecule has 2 rings (SSSR count). The molecule has 1 amide bonds. The van der Waals surface area contributed by atoms with Crippen LogP contribution < -0.4 is 10.7 Å². The summed E-state index contributed by atoms with van der Waals surface area (Å²) in [6, 6.07) is 14.3. The molecule has 108 valence electrons. The van der Waals surface area contributed by atoms with Gasteiger partial charge in [0, 0.05) is 9.26 Å². The van der Waals surface area contributed by atoms with Crippen LogP contribution in [0.3, 0.4) is 0 Å². The van der Waals surface area contributed by atoms with Crippen LogP contribution in [0.2, 0.25) is 0 Å². The number of nitrogens with zero attached hydrogens (tertiary/aromatic N) is 1. The number of phenolic OH excluding ortho intramolecular Hbond substituents is 1. The van der Waals surface area contributed by atoms with E-state index in [-0.39, 0.29) is 18.2 Å². The van der Waals surface area contributed by atoms with Crippen LogP contribution in [0.1, 0.15) is 5.56 Å². The Morgan fingerprint density at radius 3 is 2.48 bits per heavy atom. The second-order valence-corrected chi connectivity index (χ2v) is 5.49. The van der Waals surface area contributed by atoms with Gasteiger partial charge in [-0.3, -0.25) is 4.79 Å². The summed E-state index contributed by atoms with van der Waals surface area (Å²) in [6.07, 6.45) is 1.52. The van der Waals surface area contributed by atoms with Crippen molar-refractivity contribution in [3.8, 4) is 5.75 Å². The number of phenols is 1. The molecule has 6 heteroatoms.